The van der Waals surface area contributed by atoms with Gasteiger partial charge in [-0.1, -0.05) is 49.4 Å². The average molecular weight is 439 g/mol. The molecule has 0 saturated heterocycles. The monoisotopic (exact) mass is 438 g/mol. The largest absolute Gasteiger partial charge is 1.00 e. The predicted molar refractivity (Wildman–Crippen MR) is 117 cm³/mol. The molecule has 160 valence electrons. The number of carboxylic acid groups (broad SMARTS) is 1. The predicted octanol–water partition coefficient (Wildman–Crippen LogP) is -0.0537. The fourth-order valence-electron chi connectivity index (χ4n) is 4.01. The minimum absolute atomic E-state index is 0. The molecular weight excluding hydrogens is 411 g/mol. The van der Waals surface area contributed by atoms with Crippen molar-refractivity contribution in [3.63, 3.8) is 0 Å². The maximum Gasteiger partial charge on any atom is 1.00 e. The van der Waals surface area contributed by atoms with E-state index in [0.29, 0.717) is 26.1 Å². The van der Waals surface area contributed by atoms with E-state index in [1.807, 2.05) is 59.6 Å². The molecule has 3 aromatic rings. The number of nitrogens with zero attached hydrogens (tertiary/aromatic N) is 2. The molecule has 0 N–H and O–H groups in total. The molecule has 0 radical (unpaired) electrons. The molecule has 1 aromatic heterocycles. The van der Waals surface area contributed by atoms with Crippen LogP contribution in [0.15, 0.2) is 66.9 Å². The molecule has 0 aliphatic carbocycles. The number of hydrogen-bond acceptors (Lipinski definition) is 5. The third-order valence-corrected chi connectivity index (χ3v) is 5.83. The van der Waals surface area contributed by atoms with E-state index in [1.165, 1.54) is 5.56 Å². The van der Waals surface area contributed by atoms with Crippen molar-refractivity contribution < 1.29 is 44.2 Å². The molecular formula is C26H27N2NaO3. The molecule has 0 fully saturated rings. The summed E-state index contributed by atoms with van der Waals surface area (Å²) in [6.45, 7) is 3.79. The van der Waals surface area contributed by atoms with Gasteiger partial charge in [-0.05, 0) is 53.3 Å². The molecule has 1 atom stereocenters. The van der Waals surface area contributed by atoms with Gasteiger partial charge in [-0.3, -0.25) is 9.88 Å². The van der Waals surface area contributed by atoms with E-state index < -0.39 is 12.0 Å². The number of ether oxygens (including phenoxy) is 1. The Morgan fingerprint density at radius 3 is 2.59 bits per heavy atom. The summed E-state index contributed by atoms with van der Waals surface area (Å²) in [5.41, 5.74) is 5.49. The first kappa shape index (κ1) is 24.5. The molecule has 0 unspecified atom stereocenters. The van der Waals surface area contributed by atoms with Crippen LogP contribution >= 0.6 is 0 Å². The van der Waals surface area contributed by atoms with Crippen molar-refractivity contribution in [3.8, 4) is 5.75 Å². The normalized spacial score (nSPS) is 15.5. The van der Waals surface area contributed by atoms with Gasteiger partial charge in [0.05, 0.1) is 18.6 Å². The summed E-state index contributed by atoms with van der Waals surface area (Å²) in [6, 6.07) is 19.4. The van der Waals surface area contributed by atoms with E-state index >= 15 is 0 Å². The van der Waals surface area contributed by atoms with Gasteiger partial charge < -0.3 is 14.6 Å². The minimum atomic E-state index is -1.02. The Bertz CT molecular complexity index is 1030. The van der Waals surface area contributed by atoms with Crippen LogP contribution in [0.4, 0.5) is 0 Å². The average Bonchev–Trinajstić information content (AvgIpc) is 2.79. The second-order valence-electron chi connectivity index (χ2n) is 7.97. The van der Waals surface area contributed by atoms with Crippen LogP contribution in [-0.2, 0) is 37.1 Å². The van der Waals surface area contributed by atoms with Crippen LogP contribution in [0.2, 0.25) is 0 Å². The van der Waals surface area contributed by atoms with E-state index in [2.05, 4.69) is 24.0 Å². The summed E-state index contributed by atoms with van der Waals surface area (Å²) in [7, 11) is 0. The van der Waals surface area contributed by atoms with Crippen molar-refractivity contribution in [2.24, 2.45) is 0 Å². The molecule has 6 heteroatoms. The molecule has 0 bridgehead atoms. The maximum atomic E-state index is 11.8. The number of aryl methyl sites for hydroxylation is 1. The van der Waals surface area contributed by atoms with Crippen LogP contribution in [0.5, 0.6) is 5.75 Å². The molecule has 0 amide bonds. The van der Waals surface area contributed by atoms with Crippen LogP contribution in [0, 0.1) is 0 Å². The SMILES string of the molecule is CCc1ccc(CCOc2ccc3c(c2)CN(Cc2ccccc2)[C@H](C(=O)[O-])C3)nc1.[Na+]. The zero-order valence-corrected chi connectivity index (χ0v) is 20.8. The zero-order chi connectivity index (χ0) is 21.6. The number of aromatic nitrogens is 1. The summed E-state index contributed by atoms with van der Waals surface area (Å²) < 4.78 is 5.97. The molecule has 1 aliphatic rings. The summed E-state index contributed by atoms with van der Waals surface area (Å²) in [5.74, 6) is -0.223. The van der Waals surface area contributed by atoms with E-state index in [1.54, 1.807) is 0 Å². The number of carbonyl (C=O) groups excluding carboxylic acids is 1. The third kappa shape index (κ3) is 6.20. The Hall–Kier alpha value is -2.18. The fraction of sp³-hybridized carbons (Fsp3) is 0.308. The minimum Gasteiger partial charge on any atom is -0.548 e. The van der Waals surface area contributed by atoms with Gasteiger partial charge in [0.25, 0.3) is 0 Å². The Morgan fingerprint density at radius 1 is 1.09 bits per heavy atom. The van der Waals surface area contributed by atoms with Gasteiger partial charge in [-0.2, -0.15) is 0 Å². The Kier molecular flexibility index (Phi) is 8.88. The first-order valence-corrected chi connectivity index (χ1v) is 10.8. The Morgan fingerprint density at radius 2 is 1.91 bits per heavy atom. The Balaban J connectivity index is 0.00000289. The summed E-state index contributed by atoms with van der Waals surface area (Å²) in [5, 5.41) is 11.8. The molecule has 1 aliphatic heterocycles. The van der Waals surface area contributed by atoms with Crippen LogP contribution in [0.1, 0.15) is 34.9 Å². The van der Waals surface area contributed by atoms with Gasteiger partial charge in [0, 0.05) is 31.4 Å². The maximum absolute atomic E-state index is 11.8. The number of carboxylic acids is 1. The number of aliphatic carboxylic acids is 1. The number of pyridine rings is 1. The second-order valence-corrected chi connectivity index (χ2v) is 7.97. The van der Waals surface area contributed by atoms with Crippen LogP contribution in [0.3, 0.4) is 0 Å². The van der Waals surface area contributed by atoms with Crippen molar-refractivity contribution >= 4 is 5.97 Å². The van der Waals surface area contributed by atoms with Gasteiger partial charge in [0.15, 0.2) is 0 Å². The van der Waals surface area contributed by atoms with Crippen molar-refractivity contribution in [1.82, 2.24) is 9.88 Å². The van der Waals surface area contributed by atoms with Gasteiger partial charge >= 0.3 is 29.6 Å². The number of rotatable bonds is 8. The number of carbonyl (C=O) groups is 1. The van der Waals surface area contributed by atoms with Crippen molar-refractivity contribution in [3.05, 3.63) is 94.8 Å². The molecule has 32 heavy (non-hydrogen) atoms. The summed E-state index contributed by atoms with van der Waals surface area (Å²) in [6.07, 6.45) is 4.09. The third-order valence-electron chi connectivity index (χ3n) is 5.83. The standard InChI is InChI=1S/C26H28N2O3.Na/c1-2-19-8-10-23(27-16-19)12-13-31-24-11-9-21-15-25(26(29)30)28(18-22(21)14-24)17-20-6-4-3-5-7-20;/h3-11,14,16,25H,2,12-13,15,17-18H2,1H3,(H,29,30);/q;+1/p-1/t25-;/m0./s1. The van der Waals surface area contributed by atoms with E-state index in [9.17, 15) is 9.90 Å². The molecule has 4 rings (SSSR count). The van der Waals surface area contributed by atoms with E-state index in [0.717, 1.165) is 41.0 Å². The van der Waals surface area contributed by atoms with E-state index in [4.69, 9.17) is 4.74 Å². The number of fused-ring (bicyclic) bond motifs is 1. The van der Waals surface area contributed by atoms with Crippen LogP contribution in [0.25, 0.3) is 0 Å². The molecule has 5 nitrogen and oxygen atoms in total. The van der Waals surface area contributed by atoms with Crippen molar-refractivity contribution in [2.45, 2.75) is 45.3 Å². The van der Waals surface area contributed by atoms with Gasteiger partial charge in [-0.25, -0.2) is 0 Å². The summed E-state index contributed by atoms with van der Waals surface area (Å²) >= 11 is 0. The van der Waals surface area contributed by atoms with Gasteiger partial charge in [0.1, 0.15) is 5.75 Å². The molecule has 0 saturated carbocycles. The van der Waals surface area contributed by atoms with Crippen molar-refractivity contribution in [1.29, 1.82) is 0 Å². The van der Waals surface area contributed by atoms with Gasteiger partial charge in [0.2, 0.25) is 0 Å². The number of benzene rings is 2. The topological polar surface area (TPSA) is 65.5 Å². The van der Waals surface area contributed by atoms with Gasteiger partial charge in [-0.15, -0.1) is 0 Å². The Labute approximate surface area is 211 Å². The number of hydrogen-bond donors (Lipinski definition) is 0. The van der Waals surface area contributed by atoms with Crippen LogP contribution in [-0.4, -0.2) is 28.5 Å². The quantitative estimate of drug-likeness (QED) is 0.462. The zero-order valence-electron chi connectivity index (χ0n) is 18.8. The summed E-state index contributed by atoms with van der Waals surface area (Å²) in [4.78, 5) is 18.2. The molecule has 0 spiro atoms. The first-order chi connectivity index (χ1) is 15.1. The van der Waals surface area contributed by atoms with E-state index in [-0.39, 0.29) is 29.6 Å². The second kappa shape index (κ2) is 11.6. The smallest absolute Gasteiger partial charge is 0.548 e. The molecule has 2 heterocycles. The first-order valence-electron chi connectivity index (χ1n) is 10.8. The van der Waals surface area contributed by atoms with Crippen molar-refractivity contribution in [2.75, 3.05) is 6.61 Å². The van der Waals surface area contributed by atoms with Crippen LogP contribution < -0.4 is 39.4 Å². The molecule has 2 aromatic carbocycles. The fourth-order valence-corrected chi connectivity index (χ4v) is 4.01.